The Kier molecular flexibility index (Phi) is 6.34. The van der Waals surface area contributed by atoms with Gasteiger partial charge in [-0.1, -0.05) is 19.8 Å². The Morgan fingerprint density at radius 2 is 1.80 bits per heavy atom. The van der Waals surface area contributed by atoms with Crippen LogP contribution in [0, 0.1) is 11.8 Å². The quantitative estimate of drug-likeness (QED) is 0.776. The fourth-order valence-electron chi connectivity index (χ4n) is 3.74. The van der Waals surface area contributed by atoms with Gasteiger partial charge >= 0.3 is 0 Å². The molecular formula is C17H32N2O. The summed E-state index contributed by atoms with van der Waals surface area (Å²) in [5.41, 5.74) is 5.92. The van der Waals surface area contributed by atoms with Crippen LogP contribution < -0.4 is 11.1 Å². The van der Waals surface area contributed by atoms with Gasteiger partial charge in [-0.05, 0) is 63.2 Å². The fraction of sp³-hybridized carbons (Fsp3) is 0.941. The van der Waals surface area contributed by atoms with Gasteiger partial charge in [0, 0.05) is 18.5 Å². The van der Waals surface area contributed by atoms with E-state index in [-0.39, 0.29) is 5.91 Å². The number of amides is 1. The van der Waals surface area contributed by atoms with Crippen LogP contribution in [0.4, 0.5) is 0 Å². The highest BCUT2D eigenvalue weighted by molar-refractivity contribution is 5.76. The minimum absolute atomic E-state index is 0.277. The zero-order valence-electron chi connectivity index (χ0n) is 13.1. The first kappa shape index (κ1) is 15.8. The minimum Gasteiger partial charge on any atom is -0.353 e. The molecule has 3 nitrogen and oxygen atoms in total. The van der Waals surface area contributed by atoms with Gasteiger partial charge in [-0.2, -0.15) is 0 Å². The molecule has 0 aromatic heterocycles. The summed E-state index contributed by atoms with van der Waals surface area (Å²) in [6, 6.07) is 0.847. The molecule has 3 heteroatoms. The van der Waals surface area contributed by atoms with Crippen molar-refractivity contribution in [3.8, 4) is 0 Å². The Morgan fingerprint density at radius 1 is 1.05 bits per heavy atom. The zero-order valence-corrected chi connectivity index (χ0v) is 13.1. The maximum absolute atomic E-state index is 12.1. The van der Waals surface area contributed by atoms with Crippen molar-refractivity contribution in [3.05, 3.63) is 0 Å². The molecule has 3 N–H and O–H groups in total. The monoisotopic (exact) mass is 280 g/mol. The molecule has 2 rings (SSSR count). The van der Waals surface area contributed by atoms with Crippen LogP contribution in [-0.4, -0.2) is 18.0 Å². The molecule has 0 aromatic carbocycles. The highest BCUT2D eigenvalue weighted by Crippen LogP contribution is 2.27. The molecule has 0 heterocycles. The summed E-state index contributed by atoms with van der Waals surface area (Å²) in [5.74, 6) is 1.84. The normalized spacial score (nSPS) is 35.3. The lowest BCUT2D eigenvalue weighted by molar-refractivity contribution is -0.122. The lowest BCUT2D eigenvalue weighted by Gasteiger charge is -2.26. The van der Waals surface area contributed by atoms with E-state index in [2.05, 4.69) is 12.2 Å². The minimum atomic E-state index is 0.277. The first-order chi connectivity index (χ1) is 9.63. The standard InChI is InChI=1S/C17H32N2O/c1-13-3-2-4-16(11-5-13)19-17(20)12-8-14-6-9-15(18)10-7-14/h13-16H,2-12,18H2,1H3,(H,19,20). The molecule has 0 saturated heterocycles. The fourth-order valence-corrected chi connectivity index (χ4v) is 3.74. The lowest BCUT2D eigenvalue weighted by Crippen LogP contribution is -2.35. The van der Waals surface area contributed by atoms with Gasteiger partial charge in [0.25, 0.3) is 0 Å². The Labute approximate surface area is 124 Å². The van der Waals surface area contributed by atoms with Gasteiger partial charge in [-0.15, -0.1) is 0 Å². The number of nitrogens with two attached hydrogens (primary N) is 1. The van der Waals surface area contributed by atoms with Crippen LogP contribution in [0.25, 0.3) is 0 Å². The molecule has 20 heavy (non-hydrogen) atoms. The third-order valence-corrected chi connectivity index (χ3v) is 5.29. The Morgan fingerprint density at radius 3 is 2.55 bits per heavy atom. The van der Waals surface area contributed by atoms with Gasteiger partial charge in [0.15, 0.2) is 0 Å². The van der Waals surface area contributed by atoms with E-state index in [1.807, 2.05) is 0 Å². The second-order valence-electron chi connectivity index (χ2n) is 7.20. The molecule has 2 aliphatic rings. The second kappa shape index (κ2) is 8.02. The van der Waals surface area contributed by atoms with Crippen LogP contribution in [0.15, 0.2) is 0 Å². The Hall–Kier alpha value is -0.570. The van der Waals surface area contributed by atoms with Crippen LogP contribution in [-0.2, 0) is 4.79 Å². The summed E-state index contributed by atoms with van der Waals surface area (Å²) >= 11 is 0. The van der Waals surface area contributed by atoms with Gasteiger partial charge in [0.05, 0.1) is 0 Å². The molecule has 0 aromatic rings. The molecule has 1 amide bonds. The average Bonchev–Trinajstić information content (AvgIpc) is 2.63. The summed E-state index contributed by atoms with van der Waals surface area (Å²) in [6.45, 7) is 2.33. The largest absolute Gasteiger partial charge is 0.353 e. The van der Waals surface area contributed by atoms with Crippen LogP contribution in [0.2, 0.25) is 0 Å². The first-order valence-electron chi connectivity index (χ1n) is 8.68. The number of hydrogen-bond donors (Lipinski definition) is 2. The lowest BCUT2D eigenvalue weighted by atomic mass is 9.84. The highest BCUT2D eigenvalue weighted by atomic mass is 16.1. The van der Waals surface area contributed by atoms with Crippen LogP contribution in [0.5, 0.6) is 0 Å². The molecule has 0 aliphatic heterocycles. The van der Waals surface area contributed by atoms with E-state index in [1.165, 1.54) is 44.9 Å². The van der Waals surface area contributed by atoms with Gasteiger partial charge in [0.2, 0.25) is 5.91 Å². The predicted octanol–water partition coefficient (Wildman–Crippen LogP) is 3.37. The highest BCUT2D eigenvalue weighted by Gasteiger charge is 2.21. The van der Waals surface area contributed by atoms with E-state index in [4.69, 9.17) is 5.73 Å². The van der Waals surface area contributed by atoms with Crippen molar-refractivity contribution in [1.29, 1.82) is 0 Å². The van der Waals surface area contributed by atoms with E-state index in [0.29, 0.717) is 18.5 Å². The van der Waals surface area contributed by atoms with Crippen LogP contribution in [0.3, 0.4) is 0 Å². The summed E-state index contributed by atoms with van der Waals surface area (Å²) in [5, 5.41) is 3.26. The number of nitrogens with one attached hydrogen (secondary N) is 1. The van der Waals surface area contributed by atoms with Crippen molar-refractivity contribution in [1.82, 2.24) is 5.32 Å². The molecular weight excluding hydrogens is 248 g/mol. The number of rotatable bonds is 4. The summed E-state index contributed by atoms with van der Waals surface area (Å²) in [4.78, 5) is 12.1. The van der Waals surface area contributed by atoms with Crippen molar-refractivity contribution in [2.24, 2.45) is 17.6 Å². The number of carbonyl (C=O) groups excluding carboxylic acids is 1. The maximum atomic E-state index is 12.1. The van der Waals surface area contributed by atoms with Gasteiger partial charge < -0.3 is 11.1 Å². The van der Waals surface area contributed by atoms with Crippen molar-refractivity contribution >= 4 is 5.91 Å². The molecule has 0 radical (unpaired) electrons. The second-order valence-corrected chi connectivity index (χ2v) is 7.20. The summed E-state index contributed by atoms with van der Waals surface area (Å²) < 4.78 is 0. The third kappa shape index (κ3) is 5.43. The SMILES string of the molecule is CC1CCCC(NC(=O)CCC2CCC(N)CC2)CC1. The van der Waals surface area contributed by atoms with Crippen molar-refractivity contribution in [2.75, 3.05) is 0 Å². The van der Waals surface area contributed by atoms with Gasteiger partial charge in [0.1, 0.15) is 0 Å². The Bertz CT molecular complexity index is 297. The van der Waals surface area contributed by atoms with E-state index in [0.717, 1.165) is 31.1 Å². The smallest absolute Gasteiger partial charge is 0.220 e. The van der Waals surface area contributed by atoms with Crippen molar-refractivity contribution in [3.63, 3.8) is 0 Å². The number of carbonyl (C=O) groups is 1. The average molecular weight is 280 g/mol. The van der Waals surface area contributed by atoms with E-state index >= 15 is 0 Å². The zero-order chi connectivity index (χ0) is 14.4. The molecule has 0 bridgehead atoms. The third-order valence-electron chi connectivity index (χ3n) is 5.29. The molecule has 2 unspecified atom stereocenters. The summed E-state index contributed by atoms with van der Waals surface area (Å²) in [6.07, 6.45) is 12.7. The Balaban J connectivity index is 1.62. The topological polar surface area (TPSA) is 55.1 Å². The van der Waals surface area contributed by atoms with E-state index in [1.54, 1.807) is 0 Å². The maximum Gasteiger partial charge on any atom is 0.220 e. The van der Waals surface area contributed by atoms with E-state index < -0.39 is 0 Å². The predicted molar refractivity (Wildman–Crippen MR) is 83.3 cm³/mol. The number of hydrogen-bond acceptors (Lipinski definition) is 2. The van der Waals surface area contributed by atoms with Crippen molar-refractivity contribution < 1.29 is 4.79 Å². The van der Waals surface area contributed by atoms with Crippen LogP contribution >= 0.6 is 0 Å². The van der Waals surface area contributed by atoms with E-state index in [9.17, 15) is 4.79 Å². The molecule has 2 fully saturated rings. The molecule has 2 saturated carbocycles. The molecule has 0 spiro atoms. The summed E-state index contributed by atoms with van der Waals surface area (Å²) in [7, 11) is 0. The first-order valence-corrected chi connectivity index (χ1v) is 8.68. The molecule has 2 atom stereocenters. The van der Waals surface area contributed by atoms with Crippen LogP contribution in [0.1, 0.15) is 77.6 Å². The van der Waals surface area contributed by atoms with Gasteiger partial charge in [-0.25, -0.2) is 0 Å². The van der Waals surface area contributed by atoms with Crippen molar-refractivity contribution in [2.45, 2.75) is 89.6 Å². The molecule has 2 aliphatic carbocycles. The van der Waals surface area contributed by atoms with Gasteiger partial charge in [-0.3, -0.25) is 4.79 Å². The molecule has 116 valence electrons.